The van der Waals surface area contributed by atoms with Crippen molar-refractivity contribution in [3.8, 4) is 0 Å². The number of urea groups is 1. The highest BCUT2D eigenvalue weighted by atomic mass is 16.2. The van der Waals surface area contributed by atoms with E-state index in [0.717, 1.165) is 19.3 Å². The molecule has 0 aliphatic carbocycles. The molecule has 0 bridgehead atoms. The second-order valence-electron chi connectivity index (χ2n) is 4.59. The second kappa shape index (κ2) is 18.2. The molecule has 122 valence electrons. The molecule has 0 aliphatic rings. The molecule has 0 unspecified atom stereocenters. The van der Waals surface area contributed by atoms with Gasteiger partial charge in [0.05, 0.1) is 0 Å². The van der Waals surface area contributed by atoms with E-state index < -0.39 is 6.03 Å². The lowest BCUT2D eigenvalue weighted by atomic mass is 10.1. The highest BCUT2D eigenvalue weighted by molar-refractivity contribution is 5.76. The Morgan fingerprint density at radius 2 is 1.43 bits per heavy atom. The van der Waals surface area contributed by atoms with Crippen LogP contribution in [0.3, 0.4) is 0 Å². The molecule has 0 radical (unpaired) electrons. The van der Waals surface area contributed by atoms with Gasteiger partial charge in [0.2, 0.25) is 5.91 Å². The van der Waals surface area contributed by atoms with Crippen LogP contribution in [0.25, 0.3) is 0 Å². The Labute approximate surface area is 129 Å². The number of amides is 3. The number of primary amides is 1. The molecule has 0 saturated heterocycles. The molecule has 21 heavy (non-hydrogen) atoms. The summed E-state index contributed by atoms with van der Waals surface area (Å²) in [7, 11) is 0. The first-order valence-corrected chi connectivity index (χ1v) is 7.57. The van der Waals surface area contributed by atoms with E-state index in [1.165, 1.54) is 25.7 Å². The molecule has 0 fully saturated rings. The van der Waals surface area contributed by atoms with Crippen molar-refractivity contribution in [3.05, 3.63) is 25.8 Å². The zero-order chi connectivity index (χ0) is 16.3. The van der Waals surface area contributed by atoms with Crippen molar-refractivity contribution < 1.29 is 9.59 Å². The summed E-state index contributed by atoms with van der Waals surface area (Å²) in [5.41, 5.74) is 4.90. The van der Waals surface area contributed by atoms with E-state index in [-0.39, 0.29) is 5.91 Å². The molecular formula is C16H31N3O2. The lowest BCUT2D eigenvalue weighted by Crippen LogP contribution is -2.37. The Balaban J connectivity index is 0. The number of unbranched alkanes of at least 4 members (excludes halogenated alkanes) is 6. The average Bonchev–Trinajstić information content (AvgIpc) is 2.48. The van der Waals surface area contributed by atoms with E-state index in [9.17, 15) is 9.59 Å². The number of carbonyl (C=O) groups excluding carboxylic acids is 2. The largest absolute Gasteiger partial charge is 0.354 e. The molecule has 0 spiro atoms. The van der Waals surface area contributed by atoms with Crippen LogP contribution in [0, 0.1) is 0 Å². The van der Waals surface area contributed by atoms with E-state index in [2.05, 4.69) is 30.4 Å². The lowest BCUT2D eigenvalue weighted by molar-refractivity contribution is -0.121. The van der Waals surface area contributed by atoms with E-state index in [1.54, 1.807) is 0 Å². The summed E-state index contributed by atoms with van der Waals surface area (Å²) >= 11 is 0. The lowest BCUT2D eigenvalue weighted by Gasteiger charge is -2.05. The summed E-state index contributed by atoms with van der Waals surface area (Å²) in [6.07, 6.45) is 10.5. The van der Waals surface area contributed by atoms with Crippen LogP contribution in [0.4, 0.5) is 4.79 Å². The van der Waals surface area contributed by atoms with Gasteiger partial charge in [0.25, 0.3) is 0 Å². The fourth-order valence-corrected chi connectivity index (χ4v) is 1.76. The number of nitrogens with one attached hydrogen (secondary N) is 2. The van der Waals surface area contributed by atoms with Crippen molar-refractivity contribution in [1.82, 2.24) is 10.6 Å². The number of nitrogens with two attached hydrogens (primary N) is 1. The van der Waals surface area contributed by atoms with Gasteiger partial charge in [-0.05, 0) is 19.3 Å². The van der Waals surface area contributed by atoms with Crippen LogP contribution < -0.4 is 16.4 Å². The van der Waals surface area contributed by atoms with E-state index in [0.29, 0.717) is 19.5 Å². The second-order valence-corrected chi connectivity index (χ2v) is 4.59. The summed E-state index contributed by atoms with van der Waals surface area (Å²) in [4.78, 5) is 21.8. The molecule has 0 aromatic heterocycles. The average molecular weight is 297 g/mol. The monoisotopic (exact) mass is 297 g/mol. The van der Waals surface area contributed by atoms with Gasteiger partial charge in [-0.3, -0.25) is 4.79 Å². The number of allylic oxidation sites excluding steroid dienone is 1. The minimum Gasteiger partial charge on any atom is -0.354 e. The van der Waals surface area contributed by atoms with Crippen molar-refractivity contribution >= 4 is 11.9 Å². The van der Waals surface area contributed by atoms with Crippen molar-refractivity contribution in [2.45, 2.75) is 51.4 Å². The molecule has 0 aliphatic heterocycles. The third-order valence-corrected chi connectivity index (χ3v) is 2.81. The van der Waals surface area contributed by atoms with Crippen LogP contribution in [0.5, 0.6) is 0 Å². The molecule has 0 rings (SSSR count). The molecule has 0 aromatic rings. The smallest absolute Gasteiger partial charge is 0.312 e. The molecule has 0 atom stereocenters. The molecule has 0 heterocycles. The van der Waals surface area contributed by atoms with Crippen LogP contribution in [0.2, 0.25) is 0 Å². The summed E-state index contributed by atoms with van der Waals surface area (Å²) in [6, 6.07) is -0.564. The Morgan fingerprint density at radius 3 is 2.00 bits per heavy atom. The fraction of sp³-hybridized carbons (Fsp3) is 0.625. The summed E-state index contributed by atoms with van der Waals surface area (Å²) in [5, 5.41) is 5.16. The minimum atomic E-state index is -0.564. The Kier molecular flexibility index (Phi) is 18.7. The van der Waals surface area contributed by atoms with Crippen molar-refractivity contribution in [3.63, 3.8) is 0 Å². The summed E-state index contributed by atoms with van der Waals surface area (Å²) in [5.74, 6) is 0.0397. The molecule has 3 amide bonds. The first kappa shape index (κ1) is 21.5. The maximum Gasteiger partial charge on any atom is 0.312 e. The standard InChI is InChI=1S/C14H27N3O2.C2H4/c1-2-3-4-5-6-7-8-9-10-13(18)16-11-12-17-14(15)19;1-2/h2H,1,3-12H2,(H,16,18)(H3,15,17,19);1-2H2. The molecule has 0 saturated carbocycles. The van der Waals surface area contributed by atoms with Gasteiger partial charge in [-0.1, -0.05) is 31.8 Å². The molecule has 0 aromatic carbocycles. The zero-order valence-electron chi connectivity index (χ0n) is 13.2. The van der Waals surface area contributed by atoms with Crippen LogP contribution in [0.1, 0.15) is 51.4 Å². The first-order valence-electron chi connectivity index (χ1n) is 7.57. The van der Waals surface area contributed by atoms with E-state index >= 15 is 0 Å². The number of rotatable bonds is 12. The number of hydrogen-bond acceptors (Lipinski definition) is 2. The van der Waals surface area contributed by atoms with Gasteiger partial charge in [-0.2, -0.15) is 0 Å². The number of carbonyl (C=O) groups is 2. The Bertz CT molecular complexity index is 281. The SMILES string of the molecule is C=C.C=CCCCCCCCCC(=O)NCCNC(N)=O. The molecule has 4 N–H and O–H groups in total. The maximum atomic E-state index is 11.4. The first-order chi connectivity index (χ1) is 10.2. The van der Waals surface area contributed by atoms with Crippen LogP contribution in [0.15, 0.2) is 25.8 Å². The van der Waals surface area contributed by atoms with Crippen LogP contribution in [-0.4, -0.2) is 25.0 Å². The highest BCUT2D eigenvalue weighted by Gasteiger charge is 2.00. The van der Waals surface area contributed by atoms with Gasteiger partial charge in [-0.15, -0.1) is 19.7 Å². The topological polar surface area (TPSA) is 84.2 Å². The molecule has 5 heteroatoms. The van der Waals surface area contributed by atoms with Gasteiger partial charge < -0.3 is 16.4 Å². The van der Waals surface area contributed by atoms with Crippen molar-refractivity contribution in [1.29, 1.82) is 0 Å². The molecular weight excluding hydrogens is 266 g/mol. The maximum absolute atomic E-state index is 11.4. The van der Waals surface area contributed by atoms with Gasteiger partial charge in [0.1, 0.15) is 0 Å². The third kappa shape index (κ3) is 20.7. The van der Waals surface area contributed by atoms with Gasteiger partial charge in [0.15, 0.2) is 0 Å². The van der Waals surface area contributed by atoms with Crippen LogP contribution in [-0.2, 0) is 4.79 Å². The highest BCUT2D eigenvalue weighted by Crippen LogP contribution is 2.08. The quantitative estimate of drug-likeness (QED) is 0.382. The third-order valence-electron chi connectivity index (χ3n) is 2.81. The zero-order valence-corrected chi connectivity index (χ0v) is 13.2. The summed E-state index contributed by atoms with van der Waals surface area (Å²) in [6.45, 7) is 10.5. The normalized spacial score (nSPS) is 9.14. The predicted molar refractivity (Wildman–Crippen MR) is 89.0 cm³/mol. The predicted octanol–water partition coefficient (Wildman–Crippen LogP) is 2.88. The van der Waals surface area contributed by atoms with Gasteiger partial charge >= 0.3 is 6.03 Å². The summed E-state index contributed by atoms with van der Waals surface area (Å²) < 4.78 is 0. The van der Waals surface area contributed by atoms with E-state index in [4.69, 9.17) is 5.73 Å². The van der Waals surface area contributed by atoms with Crippen molar-refractivity contribution in [2.75, 3.05) is 13.1 Å². The Morgan fingerprint density at radius 1 is 0.905 bits per heavy atom. The van der Waals surface area contributed by atoms with Gasteiger partial charge in [-0.25, -0.2) is 4.79 Å². The van der Waals surface area contributed by atoms with Crippen molar-refractivity contribution in [2.24, 2.45) is 5.73 Å². The van der Waals surface area contributed by atoms with Crippen LogP contribution >= 0.6 is 0 Å². The molecule has 5 nitrogen and oxygen atoms in total. The van der Waals surface area contributed by atoms with E-state index in [1.807, 2.05) is 6.08 Å². The Hall–Kier alpha value is -1.78. The minimum absolute atomic E-state index is 0.0397. The number of hydrogen-bond donors (Lipinski definition) is 3. The van der Waals surface area contributed by atoms with Gasteiger partial charge in [0, 0.05) is 19.5 Å². The fourth-order valence-electron chi connectivity index (χ4n) is 1.76.